The normalized spacial score (nSPS) is 11.1. The second kappa shape index (κ2) is 4.23. The van der Waals surface area contributed by atoms with Gasteiger partial charge >= 0.3 is 0 Å². The van der Waals surface area contributed by atoms with E-state index in [1.54, 1.807) is 0 Å². The van der Waals surface area contributed by atoms with Crippen molar-refractivity contribution in [3.63, 3.8) is 0 Å². The van der Waals surface area contributed by atoms with E-state index in [9.17, 15) is 0 Å². The van der Waals surface area contributed by atoms with Crippen molar-refractivity contribution in [3.05, 3.63) is 40.8 Å². The predicted molar refractivity (Wildman–Crippen MR) is 71.8 cm³/mol. The maximum Gasteiger partial charge on any atom is 0.165 e. The fourth-order valence-electron chi connectivity index (χ4n) is 1.86. The molecule has 0 fully saturated rings. The molecule has 3 aromatic rings. The van der Waals surface area contributed by atoms with Crippen LogP contribution in [-0.2, 0) is 7.05 Å². The van der Waals surface area contributed by atoms with Crippen LogP contribution in [0.5, 0.6) is 0 Å². The van der Waals surface area contributed by atoms with E-state index in [0.29, 0.717) is 21.3 Å². The smallest absolute Gasteiger partial charge is 0.165 e. The zero-order valence-electron chi connectivity index (χ0n) is 9.43. The van der Waals surface area contributed by atoms with Gasteiger partial charge in [-0.2, -0.15) is 0 Å². The lowest BCUT2D eigenvalue weighted by Gasteiger charge is -2.01. The van der Waals surface area contributed by atoms with Gasteiger partial charge in [0.05, 0.1) is 0 Å². The maximum atomic E-state index is 6.01. The van der Waals surface area contributed by atoms with Gasteiger partial charge in [0.2, 0.25) is 0 Å². The van der Waals surface area contributed by atoms with Gasteiger partial charge in [-0.1, -0.05) is 35.3 Å². The third kappa shape index (κ3) is 1.74. The number of imidazole rings is 1. The number of halogens is 2. The van der Waals surface area contributed by atoms with E-state index in [1.807, 2.05) is 35.9 Å². The van der Waals surface area contributed by atoms with E-state index in [-0.39, 0.29) is 0 Å². The monoisotopic (exact) mass is 278 g/mol. The van der Waals surface area contributed by atoms with Crippen molar-refractivity contribution < 1.29 is 0 Å². The second-order valence-electron chi connectivity index (χ2n) is 3.84. The Balaban J connectivity index is 2.30. The molecule has 0 amide bonds. The van der Waals surface area contributed by atoms with E-state index in [2.05, 4.69) is 15.0 Å². The molecule has 0 saturated carbocycles. The van der Waals surface area contributed by atoms with Crippen LogP contribution < -0.4 is 0 Å². The van der Waals surface area contributed by atoms with Crippen LogP contribution in [0.1, 0.15) is 0 Å². The first-order valence-electron chi connectivity index (χ1n) is 5.25. The molecule has 2 heterocycles. The van der Waals surface area contributed by atoms with Gasteiger partial charge in [-0.25, -0.2) is 15.0 Å². The van der Waals surface area contributed by atoms with Gasteiger partial charge in [-0.15, -0.1) is 0 Å². The van der Waals surface area contributed by atoms with Crippen LogP contribution in [0, 0.1) is 0 Å². The molecule has 0 unspecified atom stereocenters. The number of aromatic nitrogens is 4. The molecule has 0 aliphatic carbocycles. The molecule has 3 rings (SSSR count). The van der Waals surface area contributed by atoms with Gasteiger partial charge in [0.15, 0.2) is 10.8 Å². The van der Waals surface area contributed by atoms with Crippen molar-refractivity contribution in [3.8, 4) is 11.4 Å². The van der Waals surface area contributed by atoms with Crippen molar-refractivity contribution >= 4 is 34.4 Å². The Kier molecular flexibility index (Phi) is 2.69. The standard InChI is InChI=1S/C12H8Cl2N4/c1-18-11(7-3-2-4-8(13)5-7)17-9-10(14)15-6-16-12(9)18/h2-6H,1H3. The highest BCUT2D eigenvalue weighted by atomic mass is 35.5. The zero-order valence-corrected chi connectivity index (χ0v) is 10.9. The quantitative estimate of drug-likeness (QED) is 0.642. The topological polar surface area (TPSA) is 43.6 Å². The molecule has 0 bridgehead atoms. The largest absolute Gasteiger partial charge is 0.312 e. The van der Waals surface area contributed by atoms with Gasteiger partial charge in [-0.05, 0) is 12.1 Å². The fourth-order valence-corrected chi connectivity index (χ4v) is 2.22. The molecule has 0 radical (unpaired) electrons. The van der Waals surface area contributed by atoms with Crippen LogP contribution in [0.3, 0.4) is 0 Å². The summed E-state index contributed by atoms with van der Waals surface area (Å²) >= 11 is 12.0. The Hall–Kier alpha value is -1.65. The lowest BCUT2D eigenvalue weighted by atomic mass is 10.2. The SMILES string of the molecule is Cn1c(-c2cccc(Cl)c2)nc2c(Cl)ncnc21. The summed E-state index contributed by atoms with van der Waals surface area (Å²) in [5.74, 6) is 0.759. The summed E-state index contributed by atoms with van der Waals surface area (Å²) in [5.41, 5.74) is 2.21. The van der Waals surface area contributed by atoms with E-state index >= 15 is 0 Å². The van der Waals surface area contributed by atoms with Gasteiger partial charge < -0.3 is 4.57 Å². The number of benzene rings is 1. The van der Waals surface area contributed by atoms with E-state index < -0.39 is 0 Å². The van der Waals surface area contributed by atoms with Crippen molar-refractivity contribution in [1.29, 1.82) is 0 Å². The Labute approximate surface area is 113 Å². The third-order valence-electron chi connectivity index (χ3n) is 2.69. The zero-order chi connectivity index (χ0) is 12.7. The van der Waals surface area contributed by atoms with Crippen LogP contribution >= 0.6 is 23.2 Å². The average Bonchev–Trinajstić information content (AvgIpc) is 2.69. The highest BCUT2D eigenvalue weighted by Crippen LogP contribution is 2.26. The maximum absolute atomic E-state index is 6.01. The van der Waals surface area contributed by atoms with Gasteiger partial charge in [0, 0.05) is 17.6 Å². The lowest BCUT2D eigenvalue weighted by molar-refractivity contribution is 0.939. The molecule has 0 spiro atoms. The first kappa shape index (κ1) is 11.4. The van der Waals surface area contributed by atoms with Gasteiger partial charge in [-0.3, -0.25) is 0 Å². The molecule has 4 nitrogen and oxygen atoms in total. The first-order valence-corrected chi connectivity index (χ1v) is 6.01. The molecule has 0 N–H and O–H groups in total. The number of nitrogens with zero attached hydrogens (tertiary/aromatic N) is 4. The minimum Gasteiger partial charge on any atom is -0.312 e. The van der Waals surface area contributed by atoms with Crippen LogP contribution in [0.15, 0.2) is 30.6 Å². The summed E-state index contributed by atoms with van der Waals surface area (Å²) in [4.78, 5) is 12.6. The average molecular weight is 279 g/mol. The molecule has 0 saturated heterocycles. The fraction of sp³-hybridized carbons (Fsp3) is 0.0833. The summed E-state index contributed by atoms with van der Waals surface area (Å²) in [6.45, 7) is 0. The molecule has 1 aromatic carbocycles. The number of fused-ring (bicyclic) bond motifs is 1. The predicted octanol–water partition coefficient (Wildman–Crippen LogP) is 3.34. The number of rotatable bonds is 1. The molecule has 0 aliphatic rings. The Morgan fingerprint density at radius 1 is 1.17 bits per heavy atom. The number of aryl methyl sites for hydroxylation is 1. The Morgan fingerprint density at radius 2 is 2.00 bits per heavy atom. The number of hydrogen-bond acceptors (Lipinski definition) is 3. The summed E-state index contributed by atoms with van der Waals surface area (Å²) in [5, 5.41) is 1.01. The molecule has 0 atom stereocenters. The second-order valence-corrected chi connectivity index (χ2v) is 4.64. The first-order chi connectivity index (χ1) is 8.66. The Bertz CT molecular complexity index is 736. The summed E-state index contributed by atoms with van der Waals surface area (Å²) in [7, 11) is 1.88. The molecule has 2 aromatic heterocycles. The highest BCUT2D eigenvalue weighted by Gasteiger charge is 2.13. The van der Waals surface area contributed by atoms with Crippen molar-refractivity contribution in [2.45, 2.75) is 0 Å². The van der Waals surface area contributed by atoms with E-state index in [1.165, 1.54) is 6.33 Å². The van der Waals surface area contributed by atoms with E-state index in [0.717, 1.165) is 11.4 Å². The lowest BCUT2D eigenvalue weighted by Crippen LogP contribution is -1.93. The van der Waals surface area contributed by atoms with Crippen molar-refractivity contribution in [1.82, 2.24) is 19.5 Å². The molecule has 0 aliphatic heterocycles. The minimum atomic E-state index is 0.351. The highest BCUT2D eigenvalue weighted by molar-refractivity contribution is 6.33. The molecule has 6 heteroatoms. The summed E-state index contributed by atoms with van der Waals surface area (Å²) in [6, 6.07) is 7.49. The summed E-state index contributed by atoms with van der Waals surface area (Å²) in [6.07, 6.45) is 1.42. The molecule has 18 heavy (non-hydrogen) atoms. The summed E-state index contributed by atoms with van der Waals surface area (Å²) < 4.78 is 1.87. The Morgan fingerprint density at radius 3 is 2.72 bits per heavy atom. The van der Waals surface area contributed by atoms with Gasteiger partial charge in [0.1, 0.15) is 17.7 Å². The molecule has 90 valence electrons. The third-order valence-corrected chi connectivity index (χ3v) is 3.21. The van der Waals surface area contributed by atoms with Crippen molar-refractivity contribution in [2.75, 3.05) is 0 Å². The van der Waals surface area contributed by atoms with Gasteiger partial charge in [0.25, 0.3) is 0 Å². The number of hydrogen-bond donors (Lipinski definition) is 0. The molecular formula is C12H8Cl2N4. The molecular weight excluding hydrogens is 271 g/mol. The van der Waals surface area contributed by atoms with Crippen LogP contribution in [0.25, 0.3) is 22.6 Å². The van der Waals surface area contributed by atoms with Crippen LogP contribution in [0.2, 0.25) is 10.2 Å². The van der Waals surface area contributed by atoms with Crippen molar-refractivity contribution in [2.24, 2.45) is 7.05 Å². The minimum absolute atomic E-state index is 0.351. The van der Waals surface area contributed by atoms with Crippen LogP contribution in [0.4, 0.5) is 0 Å². The van der Waals surface area contributed by atoms with E-state index in [4.69, 9.17) is 23.2 Å². The van der Waals surface area contributed by atoms with Crippen LogP contribution in [-0.4, -0.2) is 19.5 Å².